The Morgan fingerprint density at radius 3 is 2.35 bits per heavy atom. The molecule has 0 radical (unpaired) electrons. The Bertz CT molecular complexity index is 784. The summed E-state index contributed by atoms with van der Waals surface area (Å²) in [5.74, 6) is -1.84. The highest BCUT2D eigenvalue weighted by Crippen LogP contribution is 2.23. The topological polar surface area (TPSA) is 119 Å². The molecule has 0 atom stereocenters. The molecule has 0 unspecified atom stereocenters. The van der Waals surface area contributed by atoms with Crippen LogP contribution in [0.5, 0.6) is 0 Å². The third kappa shape index (κ3) is 2.06. The lowest BCUT2D eigenvalue weighted by atomic mass is 10.0. The van der Waals surface area contributed by atoms with Crippen molar-refractivity contribution in [3.63, 3.8) is 0 Å². The first-order chi connectivity index (χ1) is 9.16. The van der Waals surface area contributed by atoms with E-state index < -0.39 is 38.1 Å². The Balaban J connectivity index is 2.45. The molecule has 1 fully saturated rings. The van der Waals surface area contributed by atoms with Crippen LogP contribution in [0.4, 0.5) is 0 Å². The summed E-state index contributed by atoms with van der Waals surface area (Å²) in [6, 6.07) is 0. The number of carbonyl (C=O) groups is 1. The SMILES string of the molecule is Cn1cc(S(=O)(=O)N2CC(C(=O)O)C2)c(=O)n(C)c1=O. The van der Waals surface area contributed by atoms with Crippen molar-refractivity contribution in [2.75, 3.05) is 13.1 Å². The minimum Gasteiger partial charge on any atom is -0.481 e. The van der Waals surface area contributed by atoms with Crippen molar-refractivity contribution >= 4 is 16.0 Å². The molecule has 1 aromatic heterocycles. The molecule has 110 valence electrons. The molecule has 1 N–H and O–H groups in total. The van der Waals surface area contributed by atoms with Crippen molar-refractivity contribution < 1.29 is 18.3 Å². The molecule has 10 heteroatoms. The van der Waals surface area contributed by atoms with Crippen molar-refractivity contribution in [1.29, 1.82) is 0 Å². The number of hydrogen-bond acceptors (Lipinski definition) is 5. The minimum atomic E-state index is -4.08. The van der Waals surface area contributed by atoms with Gasteiger partial charge in [0.05, 0.1) is 5.92 Å². The number of hydrogen-bond donors (Lipinski definition) is 1. The van der Waals surface area contributed by atoms with E-state index in [1.165, 1.54) is 14.1 Å². The molecule has 1 aromatic rings. The Kier molecular flexibility index (Phi) is 3.30. The van der Waals surface area contributed by atoms with Gasteiger partial charge in [-0.1, -0.05) is 0 Å². The number of nitrogens with zero attached hydrogens (tertiary/aromatic N) is 3. The quantitative estimate of drug-likeness (QED) is 0.676. The summed E-state index contributed by atoms with van der Waals surface area (Å²) in [5, 5.41) is 8.73. The number of rotatable bonds is 3. The normalized spacial score (nSPS) is 16.9. The lowest BCUT2D eigenvalue weighted by Crippen LogP contribution is -2.54. The Hall–Kier alpha value is -1.94. The van der Waals surface area contributed by atoms with Crippen LogP contribution in [0, 0.1) is 5.92 Å². The second-order valence-electron chi connectivity index (χ2n) is 4.61. The average Bonchev–Trinajstić information content (AvgIpc) is 2.28. The van der Waals surface area contributed by atoms with E-state index in [9.17, 15) is 22.8 Å². The predicted molar refractivity (Wildman–Crippen MR) is 66.8 cm³/mol. The van der Waals surface area contributed by atoms with Crippen molar-refractivity contribution in [2.45, 2.75) is 4.90 Å². The minimum absolute atomic E-state index is 0.177. The average molecular weight is 303 g/mol. The molecule has 0 aromatic carbocycles. The fourth-order valence-corrected chi connectivity index (χ4v) is 3.56. The zero-order valence-electron chi connectivity index (χ0n) is 10.8. The molecule has 20 heavy (non-hydrogen) atoms. The summed E-state index contributed by atoms with van der Waals surface area (Å²) in [7, 11) is -1.57. The van der Waals surface area contributed by atoms with Gasteiger partial charge in [0, 0.05) is 33.4 Å². The summed E-state index contributed by atoms with van der Waals surface area (Å²) in [6.07, 6.45) is 0.952. The van der Waals surface area contributed by atoms with E-state index in [-0.39, 0.29) is 13.1 Å². The standard InChI is InChI=1S/C10H13N3O6S/c1-11-5-7(8(14)12(2)10(11)17)20(18,19)13-3-6(4-13)9(15)16/h5-6H,3-4H2,1-2H3,(H,15,16). The third-order valence-electron chi connectivity index (χ3n) is 3.23. The van der Waals surface area contributed by atoms with Gasteiger partial charge >= 0.3 is 11.7 Å². The maximum atomic E-state index is 12.2. The smallest absolute Gasteiger partial charge is 0.330 e. The molecule has 0 amide bonds. The van der Waals surface area contributed by atoms with Gasteiger partial charge in [-0.05, 0) is 0 Å². The van der Waals surface area contributed by atoms with Crippen LogP contribution in [0.1, 0.15) is 0 Å². The highest BCUT2D eigenvalue weighted by Gasteiger charge is 2.41. The number of sulfonamides is 1. The lowest BCUT2D eigenvalue weighted by molar-refractivity contribution is -0.145. The summed E-state index contributed by atoms with van der Waals surface area (Å²) in [4.78, 5) is 33.5. The van der Waals surface area contributed by atoms with Crippen LogP contribution in [0.2, 0.25) is 0 Å². The molecule has 0 saturated carbocycles. The Morgan fingerprint density at radius 2 is 1.85 bits per heavy atom. The van der Waals surface area contributed by atoms with Crippen molar-refractivity contribution in [3.8, 4) is 0 Å². The van der Waals surface area contributed by atoms with E-state index in [0.717, 1.165) is 15.1 Å². The zero-order valence-corrected chi connectivity index (χ0v) is 11.6. The Labute approximate surface area is 113 Å². The van der Waals surface area contributed by atoms with Gasteiger partial charge in [-0.2, -0.15) is 4.31 Å². The van der Waals surface area contributed by atoms with Gasteiger partial charge in [0.2, 0.25) is 10.0 Å². The van der Waals surface area contributed by atoms with Crippen molar-refractivity contribution in [3.05, 3.63) is 27.0 Å². The first-order valence-corrected chi connectivity index (χ1v) is 7.10. The van der Waals surface area contributed by atoms with Crippen molar-refractivity contribution in [1.82, 2.24) is 13.4 Å². The van der Waals surface area contributed by atoms with E-state index in [2.05, 4.69) is 0 Å². The van der Waals surface area contributed by atoms with E-state index in [0.29, 0.717) is 4.57 Å². The van der Waals surface area contributed by atoms with Crippen LogP contribution in [0.3, 0.4) is 0 Å². The summed E-state index contributed by atoms with van der Waals surface area (Å²) >= 11 is 0. The van der Waals surface area contributed by atoms with E-state index >= 15 is 0 Å². The third-order valence-corrected chi connectivity index (χ3v) is 5.04. The van der Waals surface area contributed by atoms with E-state index in [1.807, 2.05) is 0 Å². The second kappa shape index (κ2) is 4.56. The van der Waals surface area contributed by atoms with Crippen molar-refractivity contribution in [2.24, 2.45) is 20.0 Å². The maximum Gasteiger partial charge on any atom is 0.330 e. The van der Waals surface area contributed by atoms with Gasteiger partial charge in [0.1, 0.15) is 0 Å². The van der Waals surface area contributed by atoms with Gasteiger partial charge in [0.25, 0.3) is 5.56 Å². The predicted octanol–water partition coefficient (Wildman–Crippen LogP) is -2.21. The zero-order chi connectivity index (χ0) is 15.2. The fourth-order valence-electron chi connectivity index (χ4n) is 1.88. The molecule has 1 aliphatic heterocycles. The highest BCUT2D eigenvalue weighted by atomic mass is 32.2. The highest BCUT2D eigenvalue weighted by molar-refractivity contribution is 7.89. The summed E-state index contributed by atoms with van der Waals surface area (Å²) < 4.78 is 27.0. The molecule has 2 heterocycles. The summed E-state index contributed by atoms with van der Waals surface area (Å²) in [5.41, 5.74) is -1.56. The number of carboxylic acids is 1. The number of carboxylic acid groups (broad SMARTS) is 1. The molecule has 0 aliphatic carbocycles. The fraction of sp³-hybridized carbons (Fsp3) is 0.500. The molecule has 1 aliphatic rings. The van der Waals surface area contributed by atoms with Crippen LogP contribution < -0.4 is 11.2 Å². The molecule has 0 bridgehead atoms. The van der Waals surface area contributed by atoms with Gasteiger partial charge in [-0.3, -0.25) is 14.2 Å². The largest absolute Gasteiger partial charge is 0.481 e. The van der Waals surface area contributed by atoms with Crippen LogP contribution in [-0.4, -0.2) is 46.0 Å². The molecule has 0 spiro atoms. The Morgan fingerprint density at radius 1 is 1.30 bits per heavy atom. The number of aryl methyl sites for hydroxylation is 1. The number of aliphatic carboxylic acids is 1. The van der Waals surface area contributed by atoms with Gasteiger partial charge < -0.3 is 9.67 Å². The lowest BCUT2D eigenvalue weighted by Gasteiger charge is -2.35. The number of aromatic nitrogens is 2. The van der Waals surface area contributed by atoms with Gasteiger partial charge in [-0.15, -0.1) is 0 Å². The van der Waals surface area contributed by atoms with Gasteiger partial charge in [-0.25, -0.2) is 13.2 Å². The van der Waals surface area contributed by atoms with E-state index in [1.54, 1.807) is 0 Å². The van der Waals surface area contributed by atoms with Gasteiger partial charge in [0.15, 0.2) is 4.90 Å². The molecular weight excluding hydrogens is 290 g/mol. The first-order valence-electron chi connectivity index (χ1n) is 5.66. The van der Waals surface area contributed by atoms with E-state index in [4.69, 9.17) is 5.11 Å². The van der Waals surface area contributed by atoms with Crippen LogP contribution in [0.15, 0.2) is 20.7 Å². The summed E-state index contributed by atoms with van der Waals surface area (Å²) in [6.45, 7) is -0.354. The molecule has 9 nitrogen and oxygen atoms in total. The van der Waals surface area contributed by atoms with Crippen LogP contribution >= 0.6 is 0 Å². The van der Waals surface area contributed by atoms with Crippen LogP contribution in [0.25, 0.3) is 0 Å². The second-order valence-corrected chi connectivity index (χ2v) is 6.51. The molecular formula is C10H13N3O6S. The first kappa shape index (κ1) is 14.5. The van der Waals surface area contributed by atoms with Crippen LogP contribution in [-0.2, 0) is 28.9 Å². The monoisotopic (exact) mass is 303 g/mol. The molecule has 1 saturated heterocycles. The molecule has 2 rings (SSSR count). The maximum absolute atomic E-state index is 12.2.